The SMILES string of the molecule is CCC(C)c1ccc(-n2c(SCC(=O)N3CCC(C)CC3)nc3cc(Cl)ccc3c2=O)cc1. The second-order valence-electron chi connectivity index (χ2n) is 8.95. The van der Waals surface area contributed by atoms with Gasteiger partial charge in [-0.3, -0.25) is 14.2 Å². The topological polar surface area (TPSA) is 55.2 Å². The van der Waals surface area contributed by atoms with Crippen molar-refractivity contribution in [2.75, 3.05) is 18.8 Å². The number of likely N-dealkylation sites (tertiary alicyclic amines) is 1. The van der Waals surface area contributed by atoms with Crippen LogP contribution in [0.1, 0.15) is 51.5 Å². The second-order valence-corrected chi connectivity index (χ2v) is 10.3. The molecule has 174 valence electrons. The van der Waals surface area contributed by atoms with E-state index in [2.05, 4.69) is 32.9 Å². The van der Waals surface area contributed by atoms with Crippen LogP contribution in [0.4, 0.5) is 0 Å². The van der Waals surface area contributed by atoms with E-state index in [1.807, 2.05) is 17.0 Å². The minimum Gasteiger partial charge on any atom is -0.342 e. The standard InChI is InChI=1S/C26H30ClN3O2S/c1-4-18(3)19-5-8-21(9-6-19)30-25(32)22-10-7-20(27)15-23(22)28-26(30)33-16-24(31)29-13-11-17(2)12-14-29/h5-10,15,17-18H,4,11-14,16H2,1-3H3. The number of hydrogen-bond acceptors (Lipinski definition) is 4. The fraction of sp³-hybridized carbons (Fsp3) is 0.423. The maximum Gasteiger partial charge on any atom is 0.266 e. The molecule has 0 aliphatic carbocycles. The number of hydrogen-bond donors (Lipinski definition) is 0. The molecule has 2 aromatic carbocycles. The summed E-state index contributed by atoms with van der Waals surface area (Å²) >= 11 is 7.48. The molecule has 1 atom stereocenters. The van der Waals surface area contributed by atoms with E-state index in [9.17, 15) is 9.59 Å². The first kappa shape index (κ1) is 23.8. The largest absolute Gasteiger partial charge is 0.342 e. The highest BCUT2D eigenvalue weighted by Crippen LogP contribution is 2.26. The van der Waals surface area contributed by atoms with E-state index in [1.165, 1.54) is 17.3 Å². The number of aromatic nitrogens is 2. The lowest BCUT2D eigenvalue weighted by Gasteiger charge is -2.30. The normalized spacial score (nSPS) is 15.7. The molecule has 1 fully saturated rings. The summed E-state index contributed by atoms with van der Waals surface area (Å²) in [4.78, 5) is 33.0. The highest BCUT2D eigenvalue weighted by atomic mass is 35.5. The van der Waals surface area contributed by atoms with E-state index in [1.54, 1.807) is 22.8 Å². The number of halogens is 1. The third-order valence-corrected chi connectivity index (χ3v) is 7.75. The molecule has 1 saturated heterocycles. The van der Waals surface area contributed by atoms with E-state index < -0.39 is 0 Å². The number of nitrogens with zero attached hydrogens (tertiary/aromatic N) is 3. The molecule has 7 heteroatoms. The van der Waals surface area contributed by atoms with Crippen molar-refractivity contribution in [3.05, 3.63) is 63.4 Å². The van der Waals surface area contributed by atoms with E-state index >= 15 is 0 Å². The molecule has 1 unspecified atom stereocenters. The molecule has 1 aliphatic heterocycles. The van der Waals surface area contributed by atoms with Gasteiger partial charge in [-0.25, -0.2) is 4.98 Å². The van der Waals surface area contributed by atoms with Crippen LogP contribution in [0, 0.1) is 5.92 Å². The molecule has 1 aliphatic rings. The molecular weight excluding hydrogens is 454 g/mol. The van der Waals surface area contributed by atoms with Gasteiger partial charge < -0.3 is 4.90 Å². The number of rotatable bonds is 6. The molecular formula is C26H30ClN3O2S. The van der Waals surface area contributed by atoms with Crippen LogP contribution in [0.5, 0.6) is 0 Å². The zero-order chi connectivity index (χ0) is 23.5. The van der Waals surface area contributed by atoms with Gasteiger partial charge in [-0.05, 0) is 67.0 Å². The van der Waals surface area contributed by atoms with Crippen molar-refractivity contribution in [3.63, 3.8) is 0 Å². The van der Waals surface area contributed by atoms with E-state index in [4.69, 9.17) is 16.6 Å². The lowest BCUT2D eigenvalue weighted by molar-refractivity contribution is -0.129. The van der Waals surface area contributed by atoms with Crippen LogP contribution in [0.15, 0.2) is 52.4 Å². The van der Waals surface area contributed by atoms with E-state index in [-0.39, 0.29) is 17.2 Å². The molecule has 4 rings (SSSR count). The van der Waals surface area contributed by atoms with Crippen molar-refractivity contribution < 1.29 is 4.79 Å². The van der Waals surface area contributed by atoms with Gasteiger partial charge in [-0.1, -0.05) is 56.3 Å². The van der Waals surface area contributed by atoms with Crippen LogP contribution in [-0.2, 0) is 4.79 Å². The Bertz CT molecular complexity index is 1200. The van der Waals surface area contributed by atoms with Crippen LogP contribution in [0.3, 0.4) is 0 Å². The summed E-state index contributed by atoms with van der Waals surface area (Å²) in [6.07, 6.45) is 3.13. The monoisotopic (exact) mass is 483 g/mol. The van der Waals surface area contributed by atoms with E-state index in [0.29, 0.717) is 32.9 Å². The van der Waals surface area contributed by atoms with Gasteiger partial charge >= 0.3 is 0 Å². The second kappa shape index (κ2) is 10.3. The summed E-state index contributed by atoms with van der Waals surface area (Å²) in [5, 5.41) is 1.54. The Morgan fingerprint density at radius 1 is 1.18 bits per heavy atom. The minimum atomic E-state index is -0.158. The summed E-state index contributed by atoms with van der Waals surface area (Å²) in [6.45, 7) is 8.18. The first-order chi connectivity index (χ1) is 15.9. The maximum atomic E-state index is 13.5. The van der Waals surface area contributed by atoms with Gasteiger partial charge in [-0.15, -0.1) is 0 Å². The Balaban J connectivity index is 1.69. The van der Waals surface area contributed by atoms with E-state index in [0.717, 1.165) is 38.0 Å². The number of amides is 1. The summed E-state index contributed by atoms with van der Waals surface area (Å²) in [5.74, 6) is 1.45. The fourth-order valence-corrected chi connectivity index (χ4v) is 5.21. The highest BCUT2D eigenvalue weighted by Gasteiger charge is 2.22. The molecule has 0 radical (unpaired) electrons. The molecule has 1 amide bonds. The van der Waals surface area contributed by atoms with Crippen LogP contribution in [0.2, 0.25) is 5.02 Å². The maximum absolute atomic E-state index is 13.5. The predicted octanol–water partition coefficient (Wildman–Crippen LogP) is 5.90. The van der Waals surface area contributed by atoms with Gasteiger partial charge in [0.25, 0.3) is 5.56 Å². The molecule has 2 heterocycles. The van der Waals surface area contributed by atoms with Gasteiger partial charge in [0.15, 0.2) is 5.16 Å². The fourth-order valence-electron chi connectivity index (χ4n) is 4.13. The molecule has 33 heavy (non-hydrogen) atoms. The predicted molar refractivity (Wildman–Crippen MR) is 137 cm³/mol. The third kappa shape index (κ3) is 5.28. The van der Waals surface area contributed by atoms with Crippen molar-refractivity contribution in [1.82, 2.24) is 14.5 Å². The zero-order valence-corrected chi connectivity index (χ0v) is 21.0. The zero-order valence-electron chi connectivity index (χ0n) is 19.4. The minimum absolute atomic E-state index is 0.0889. The summed E-state index contributed by atoms with van der Waals surface area (Å²) in [7, 11) is 0. The Morgan fingerprint density at radius 2 is 1.88 bits per heavy atom. The van der Waals surface area contributed by atoms with Gasteiger partial charge in [0.2, 0.25) is 5.91 Å². The molecule has 5 nitrogen and oxygen atoms in total. The Hall–Kier alpha value is -2.31. The number of carbonyl (C=O) groups excluding carboxylic acids is 1. The molecule has 3 aromatic rings. The number of piperidine rings is 1. The Kier molecular flexibility index (Phi) is 7.45. The van der Waals surface area contributed by atoms with Crippen LogP contribution >= 0.6 is 23.4 Å². The lowest BCUT2D eigenvalue weighted by atomic mass is 9.98. The highest BCUT2D eigenvalue weighted by molar-refractivity contribution is 7.99. The molecule has 0 N–H and O–H groups in total. The summed E-state index contributed by atoms with van der Waals surface area (Å²) < 4.78 is 1.62. The van der Waals surface area contributed by atoms with Crippen molar-refractivity contribution in [2.45, 2.75) is 51.1 Å². The van der Waals surface area contributed by atoms with Crippen molar-refractivity contribution in [1.29, 1.82) is 0 Å². The first-order valence-corrected chi connectivity index (χ1v) is 13.0. The third-order valence-electron chi connectivity index (χ3n) is 6.59. The molecule has 0 spiro atoms. The first-order valence-electron chi connectivity index (χ1n) is 11.6. The average Bonchev–Trinajstić information content (AvgIpc) is 2.82. The van der Waals surface area contributed by atoms with Gasteiger partial charge in [0.05, 0.1) is 22.3 Å². The quantitative estimate of drug-likeness (QED) is 0.323. The Labute approximate surface area is 204 Å². The van der Waals surface area contributed by atoms with Crippen LogP contribution < -0.4 is 5.56 Å². The molecule has 0 bridgehead atoms. The summed E-state index contributed by atoms with van der Waals surface area (Å²) in [5.41, 5.74) is 2.37. The van der Waals surface area contributed by atoms with Gasteiger partial charge in [0, 0.05) is 18.1 Å². The number of benzene rings is 2. The number of carbonyl (C=O) groups is 1. The van der Waals surface area contributed by atoms with Gasteiger partial charge in [-0.2, -0.15) is 0 Å². The average molecular weight is 484 g/mol. The van der Waals surface area contributed by atoms with Crippen molar-refractivity contribution in [3.8, 4) is 5.69 Å². The smallest absolute Gasteiger partial charge is 0.266 e. The summed E-state index contributed by atoms with van der Waals surface area (Å²) in [6, 6.07) is 13.2. The number of thioether (sulfide) groups is 1. The van der Waals surface area contributed by atoms with Crippen LogP contribution in [-0.4, -0.2) is 39.2 Å². The molecule has 1 aromatic heterocycles. The molecule has 0 saturated carbocycles. The lowest BCUT2D eigenvalue weighted by Crippen LogP contribution is -2.39. The van der Waals surface area contributed by atoms with Crippen molar-refractivity contribution >= 4 is 40.2 Å². The van der Waals surface area contributed by atoms with Crippen LogP contribution in [0.25, 0.3) is 16.6 Å². The van der Waals surface area contributed by atoms with Crippen molar-refractivity contribution in [2.24, 2.45) is 5.92 Å². The number of fused-ring (bicyclic) bond motifs is 1. The van der Waals surface area contributed by atoms with Gasteiger partial charge in [0.1, 0.15) is 0 Å². The Morgan fingerprint density at radius 3 is 2.55 bits per heavy atom.